The van der Waals surface area contributed by atoms with E-state index in [1.165, 1.54) is 11.3 Å². The largest absolute Gasteiger partial charge is 0.416 e. The number of benzene rings is 1. The number of allylic oxidation sites excluding steroid dienone is 2. The van der Waals surface area contributed by atoms with Gasteiger partial charge in [0, 0.05) is 11.3 Å². The molecule has 0 fully saturated rings. The van der Waals surface area contributed by atoms with Gasteiger partial charge in [0.25, 0.3) is 0 Å². The van der Waals surface area contributed by atoms with E-state index < -0.39 is 29.2 Å². The van der Waals surface area contributed by atoms with Crippen LogP contribution in [0.25, 0.3) is 10.2 Å². The quantitative estimate of drug-likeness (QED) is 0.770. The highest BCUT2D eigenvalue weighted by atomic mass is 32.1. The molecular formula is C20H18F3N3O2S. The number of alkyl halides is 3. The number of nitrogens with one attached hydrogen (secondary N) is 1. The fourth-order valence-electron chi connectivity index (χ4n) is 3.63. The number of aliphatic hydroxyl groups is 1. The van der Waals surface area contributed by atoms with E-state index in [2.05, 4.69) is 15.3 Å². The van der Waals surface area contributed by atoms with Crippen LogP contribution in [0.3, 0.4) is 0 Å². The maximum Gasteiger partial charge on any atom is 0.416 e. The van der Waals surface area contributed by atoms with Crippen LogP contribution in [0.2, 0.25) is 0 Å². The summed E-state index contributed by atoms with van der Waals surface area (Å²) >= 11 is 1.45. The first-order valence-electron chi connectivity index (χ1n) is 9.17. The van der Waals surface area contributed by atoms with Crippen LogP contribution in [0.15, 0.2) is 52.0 Å². The third kappa shape index (κ3) is 3.49. The number of hydrogen-bond acceptors (Lipinski definition) is 6. The summed E-state index contributed by atoms with van der Waals surface area (Å²) in [5, 5.41) is 14.2. The molecular weight excluding hydrogens is 403 g/mol. The number of carbonyl (C=O) groups excluding carboxylic acids is 1. The summed E-state index contributed by atoms with van der Waals surface area (Å²) in [5.41, 5.74) is 0.199. The van der Waals surface area contributed by atoms with Gasteiger partial charge in [0.15, 0.2) is 11.4 Å². The van der Waals surface area contributed by atoms with Gasteiger partial charge >= 0.3 is 6.18 Å². The molecule has 0 saturated carbocycles. The lowest BCUT2D eigenvalue weighted by Crippen LogP contribution is -2.55. The number of fused-ring (bicyclic) bond motifs is 2. The van der Waals surface area contributed by atoms with Crippen LogP contribution in [-0.4, -0.2) is 39.5 Å². The van der Waals surface area contributed by atoms with Gasteiger partial charge in [-0.15, -0.1) is 11.3 Å². The number of halogens is 3. The molecule has 4 rings (SSSR count). The summed E-state index contributed by atoms with van der Waals surface area (Å²) in [6, 6.07) is 4.65. The zero-order valence-electron chi connectivity index (χ0n) is 15.5. The van der Waals surface area contributed by atoms with Crippen molar-refractivity contribution in [1.82, 2.24) is 4.98 Å². The highest BCUT2D eigenvalue weighted by Crippen LogP contribution is 2.38. The third-order valence-corrected chi connectivity index (χ3v) is 5.87. The number of anilines is 1. The predicted molar refractivity (Wildman–Crippen MR) is 106 cm³/mol. The fraction of sp³-hybridized carbons (Fsp3) is 0.350. The van der Waals surface area contributed by atoms with E-state index in [0.717, 1.165) is 22.4 Å². The third-order valence-electron chi connectivity index (χ3n) is 5.08. The van der Waals surface area contributed by atoms with Crippen LogP contribution in [0.4, 0.5) is 18.9 Å². The summed E-state index contributed by atoms with van der Waals surface area (Å²) in [4.78, 5) is 21.7. The Bertz CT molecular complexity index is 1070. The number of thiazole rings is 1. The molecule has 2 N–H and O–H groups in total. The van der Waals surface area contributed by atoms with Crippen molar-refractivity contribution in [2.24, 2.45) is 4.99 Å². The minimum Gasteiger partial charge on any atom is -0.374 e. The molecule has 5 nitrogen and oxygen atoms in total. The Morgan fingerprint density at radius 1 is 1.38 bits per heavy atom. The Labute approximate surface area is 168 Å². The normalized spacial score (nSPS) is 24.7. The van der Waals surface area contributed by atoms with Crippen molar-refractivity contribution in [2.45, 2.75) is 44.0 Å². The second-order valence-electron chi connectivity index (χ2n) is 7.09. The average molecular weight is 421 g/mol. The highest BCUT2D eigenvalue weighted by molar-refractivity contribution is 7.16. The van der Waals surface area contributed by atoms with Crippen LogP contribution in [0, 0.1) is 0 Å². The minimum atomic E-state index is -4.55. The molecule has 0 radical (unpaired) electrons. The molecule has 0 saturated heterocycles. The molecule has 2 heterocycles. The molecule has 0 amide bonds. The first kappa shape index (κ1) is 19.8. The molecule has 2 unspecified atom stereocenters. The summed E-state index contributed by atoms with van der Waals surface area (Å²) in [7, 11) is 0. The maximum absolute atomic E-state index is 13.1. The standard InChI is InChI=1S/C20H18F3N3O2S/c1-2-7-19(28)17(27)13-8-11(20(21,22)23)3-5-14(13)26-18(19)25-12-4-6-15-16(9-12)29-10-24-15/h3-4,6,8-10,14,28H,2,5,7H2,1H3,(H,25,26). The lowest BCUT2D eigenvalue weighted by molar-refractivity contribution is -0.128. The van der Waals surface area contributed by atoms with E-state index in [0.29, 0.717) is 12.1 Å². The monoisotopic (exact) mass is 421 g/mol. The second kappa shape index (κ2) is 7.07. The highest BCUT2D eigenvalue weighted by Gasteiger charge is 2.49. The fourth-order valence-corrected chi connectivity index (χ4v) is 4.35. The number of aromatic nitrogens is 1. The zero-order valence-corrected chi connectivity index (χ0v) is 16.3. The Morgan fingerprint density at radius 3 is 2.90 bits per heavy atom. The number of amidine groups is 1. The van der Waals surface area contributed by atoms with Crippen molar-refractivity contribution in [3.63, 3.8) is 0 Å². The number of carbonyl (C=O) groups is 1. The van der Waals surface area contributed by atoms with Gasteiger partial charge in [-0.3, -0.25) is 9.79 Å². The topological polar surface area (TPSA) is 74.6 Å². The Kier molecular flexibility index (Phi) is 4.82. The number of Topliss-reactive ketones (excluding diaryl/α,β-unsaturated/α-hetero) is 1. The number of aliphatic imine (C=N–C) groups is 1. The molecule has 1 aromatic heterocycles. The first-order chi connectivity index (χ1) is 13.7. The maximum atomic E-state index is 13.1. The summed E-state index contributed by atoms with van der Waals surface area (Å²) in [6.45, 7) is 1.79. The molecule has 2 aromatic rings. The van der Waals surface area contributed by atoms with Crippen LogP contribution < -0.4 is 5.32 Å². The van der Waals surface area contributed by atoms with Crippen molar-refractivity contribution < 1.29 is 23.1 Å². The summed E-state index contributed by atoms with van der Waals surface area (Å²) in [5.74, 6) is -0.658. The molecule has 1 aromatic carbocycles. The van der Waals surface area contributed by atoms with Gasteiger partial charge < -0.3 is 10.4 Å². The Morgan fingerprint density at radius 2 is 2.17 bits per heavy atom. The van der Waals surface area contributed by atoms with E-state index in [4.69, 9.17) is 0 Å². The van der Waals surface area contributed by atoms with Crippen molar-refractivity contribution in [1.29, 1.82) is 0 Å². The predicted octanol–water partition coefficient (Wildman–Crippen LogP) is 4.41. The first-order valence-corrected chi connectivity index (χ1v) is 10.0. The number of rotatable bonds is 3. The van der Waals surface area contributed by atoms with E-state index in [9.17, 15) is 23.1 Å². The number of nitrogens with zero attached hydrogens (tertiary/aromatic N) is 2. The molecule has 29 heavy (non-hydrogen) atoms. The molecule has 0 bridgehead atoms. The molecule has 152 valence electrons. The van der Waals surface area contributed by atoms with Crippen LogP contribution in [0.5, 0.6) is 0 Å². The number of ketones is 1. The minimum absolute atomic E-state index is 0.0479. The molecule has 1 aliphatic heterocycles. The lowest BCUT2D eigenvalue weighted by atomic mass is 9.78. The van der Waals surface area contributed by atoms with E-state index in [1.807, 2.05) is 12.1 Å². The van der Waals surface area contributed by atoms with Gasteiger partial charge in [-0.2, -0.15) is 13.2 Å². The van der Waals surface area contributed by atoms with Gasteiger partial charge in [-0.1, -0.05) is 19.4 Å². The van der Waals surface area contributed by atoms with Crippen molar-refractivity contribution in [3.05, 3.63) is 47.0 Å². The molecule has 1 aliphatic carbocycles. The van der Waals surface area contributed by atoms with E-state index >= 15 is 0 Å². The lowest BCUT2D eigenvalue weighted by Gasteiger charge is -2.37. The van der Waals surface area contributed by atoms with Crippen LogP contribution in [0.1, 0.15) is 26.2 Å². The Hall–Kier alpha value is -2.52. The van der Waals surface area contributed by atoms with Gasteiger partial charge in [-0.25, -0.2) is 4.98 Å². The summed E-state index contributed by atoms with van der Waals surface area (Å²) in [6.07, 6.45) is -2.23. The average Bonchev–Trinajstić information content (AvgIpc) is 3.13. The zero-order chi connectivity index (χ0) is 20.8. The molecule has 2 aliphatic rings. The van der Waals surface area contributed by atoms with Gasteiger partial charge in [0.1, 0.15) is 5.84 Å². The van der Waals surface area contributed by atoms with Crippen molar-refractivity contribution >= 4 is 38.9 Å². The SMILES string of the molecule is CCCC1(O)C(=O)C2=CC(C(F)(F)F)=CCC2N=C1Nc1ccc2ncsc2c1. The van der Waals surface area contributed by atoms with Gasteiger partial charge in [0.2, 0.25) is 0 Å². The van der Waals surface area contributed by atoms with Crippen LogP contribution in [-0.2, 0) is 4.79 Å². The van der Waals surface area contributed by atoms with Gasteiger partial charge in [0.05, 0.1) is 27.3 Å². The second-order valence-corrected chi connectivity index (χ2v) is 7.97. The molecule has 9 heteroatoms. The smallest absolute Gasteiger partial charge is 0.374 e. The van der Waals surface area contributed by atoms with Gasteiger partial charge in [-0.05, 0) is 37.1 Å². The van der Waals surface area contributed by atoms with E-state index in [1.54, 1.807) is 18.5 Å². The Balaban J connectivity index is 1.73. The van der Waals surface area contributed by atoms with Crippen molar-refractivity contribution in [2.75, 3.05) is 5.32 Å². The number of hydrogen-bond donors (Lipinski definition) is 2. The van der Waals surface area contributed by atoms with E-state index in [-0.39, 0.29) is 24.3 Å². The van der Waals surface area contributed by atoms with Crippen LogP contribution >= 0.6 is 11.3 Å². The summed E-state index contributed by atoms with van der Waals surface area (Å²) < 4.78 is 40.2. The van der Waals surface area contributed by atoms with Crippen molar-refractivity contribution in [3.8, 4) is 0 Å². The molecule has 2 atom stereocenters. The molecule has 0 spiro atoms.